The first-order chi connectivity index (χ1) is 7.25. The first-order valence-electron chi connectivity index (χ1n) is 6.35. The van der Waals surface area contributed by atoms with Crippen LogP contribution >= 0.6 is 0 Å². The quantitative estimate of drug-likeness (QED) is 0.722. The van der Waals surface area contributed by atoms with Crippen LogP contribution in [0.1, 0.15) is 19.3 Å². The Morgan fingerprint density at radius 1 is 1.13 bits per heavy atom. The lowest BCUT2D eigenvalue weighted by atomic mass is 9.89. The SMILES string of the molecule is CN1CCC(CC2CNCCN2C)CC1. The molecule has 1 N–H and O–H groups in total. The summed E-state index contributed by atoms with van der Waals surface area (Å²) in [6.45, 7) is 6.18. The molecule has 1 atom stereocenters. The van der Waals surface area contributed by atoms with Crippen molar-refractivity contribution < 1.29 is 0 Å². The molecule has 88 valence electrons. The van der Waals surface area contributed by atoms with Crippen LogP contribution in [-0.2, 0) is 0 Å². The molecule has 0 saturated carbocycles. The summed E-state index contributed by atoms with van der Waals surface area (Å²) in [6, 6.07) is 0.784. The second-order valence-electron chi connectivity index (χ2n) is 5.32. The molecule has 0 radical (unpaired) electrons. The summed E-state index contributed by atoms with van der Waals surface area (Å²) < 4.78 is 0. The molecule has 3 heteroatoms. The van der Waals surface area contributed by atoms with Crippen LogP contribution < -0.4 is 5.32 Å². The normalized spacial score (nSPS) is 32.0. The summed E-state index contributed by atoms with van der Waals surface area (Å²) in [5.41, 5.74) is 0. The van der Waals surface area contributed by atoms with Crippen molar-refractivity contribution in [3.8, 4) is 0 Å². The van der Waals surface area contributed by atoms with E-state index in [0.29, 0.717) is 0 Å². The zero-order valence-corrected chi connectivity index (χ0v) is 10.2. The van der Waals surface area contributed by atoms with Gasteiger partial charge in [0.2, 0.25) is 0 Å². The number of likely N-dealkylation sites (tertiary alicyclic amines) is 1. The van der Waals surface area contributed by atoms with Gasteiger partial charge in [-0.25, -0.2) is 0 Å². The van der Waals surface area contributed by atoms with Crippen LogP contribution in [-0.4, -0.2) is 62.7 Å². The van der Waals surface area contributed by atoms with Gasteiger partial charge in [0.1, 0.15) is 0 Å². The average molecular weight is 211 g/mol. The van der Waals surface area contributed by atoms with Crippen LogP contribution in [0.15, 0.2) is 0 Å². The topological polar surface area (TPSA) is 18.5 Å². The van der Waals surface area contributed by atoms with E-state index in [0.717, 1.165) is 12.0 Å². The van der Waals surface area contributed by atoms with Gasteiger partial charge in [0, 0.05) is 25.7 Å². The first kappa shape index (κ1) is 11.4. The number of likely N-dealkylation sites (N-methyl/N-ethyl adjacent to an activating group) is 1. The maximum Gasteiger partial charge on any atom is 0.0220 e. The smallest absolute Gasteiger partial charge is 0.0220 e. The molecular formula is C12H25N3. The molecule has 2 fully saturated rings. The predicted molar refractivity (Wildman–Crippen MR) is 64.1 cm³/mol. The van der Waals surface area contributed by atoms with Gasteiger partial charge in [-0.1, -0.05) is 0 Å². The van der Waals surface area contributed by atoms with E-state index in [1.165, 1.54) is 52.0 Å². The van der Waals surface area contributed by atoms with Crippen LogP contribution in [0.4, 0.5) is 0 Å². The minimum Gasteiger partial charge on any atom is -0.314 e. The zero-order valence-electron chi connectivity index (χ0n) is 10.2. The van der Waals surface area contributed by atoms with Crippen LogP contribution in [0.25, 0.3) is 0 Å². The fourth-order valence-corrected chi connectivity index (χ4v) is 2.81. The van der Waals surface area contributed by atoms with Crippen molar-refractivity contribution in [3.63, 3.8) is 0 Å². The molecule has 0 amide bonds. The van der Waals surface area contributed by atoms with Gasteiger partial charge in [0.05, 0.1) is 0 Å². The summed E-state index contributed by atoms with van der Waals surface area (Å²) in [5, 5.41) is 3.51. The Labute approximate surface area is 93.8 Å². The van der Waals surface area contributed by atoms with E-state index in [9.17, 15) is 0 Å². The highest BCUT2D eigenvalue weighted by molar-refractivity contribution is 4.81. The van der Waals surface area contributed by atoms with Gasteiger partial charge in [0.25, 0.3) is 0 Å². The summed E-state index contributed by atoms with van der Waals surface area (Å²) >= 11 is 0. The average Bonchev–Trinajstić information content (AvgIpc) is 2.25. The Morgan fingerprint density at radius 3 is 2.53 bits per heavy atom. The highest BCUT2D eigenvalue weighted by Gasteiger charge is 2.24. The number of hydrogen-bond acceptors (Lipinski definition) is 3. The van der Waals surface area contributed by atoms with Crippen LogP contribution in [0, 0.1) is 5.92 Å². The molecule has 2 aliphatic rings. The second kappa shape index (κ2) is 5.28. The predicted octanol–water partition coefficient (Wildman–Crippen LogP) is 0.622. The monoisotopic (exact) mass is 211 g/mol. The number of piperidine rings is 1. The third-order valence-electron chi connectivity index (χ3n) is 4.09. The van der Waals surface area contributed by atoms with Crippen LogP contribution in [0.5, 0.6) is 0 Å². The van der Waals surface area contributed by atoms with Gasteiger partial charge < -0.3 is 15.1 Å². The number of nitrogens with one attached hydrogen (secondary N) is 1. The van der Waals surface area contributed by atoms with E-state index < -0.39 is 0 Å². The maximum atomic E-state index is 3.51. The van der Waals surface area contributed by atoms with E-state index >= 15 is 0 Å². The number of hydrogen-bond donors (Lipinski definition) is 1. The molecule has 1 unspecified atom stereocenters. The summed E-state index contributed by atoms with van der Waals surface area (Å²) in [6.07, 6.45) is 4.21. The molecule has 2 rings (SSSR count). The van der Waals surface area contributed by atoms with Crippen molar-refractivity contribution >= 4 is 0 Å². The van der Waals surface area contributed by atoms with Gasteiger partial charge >= 0.3 is 0 Å². The summed E-state index contributed by atoms with van der Waals surface area (Å²) in [5.74, 6) is 0.966. The Kier molecular flexibility index (Phi) is 4.00. The molecule has 3 nitrogen and oxygen atoms in total. The van der Waals surface area contributed by atoms with Gasteiger partial charge in [-0.05, 0) is 52.4 Å². The lowest BCUT2D eigenvalue weighted by Crippen LogP contribution is -2.50. The lowest BCUT2D eigenvalue weighted by molar-refractivity contribution is 0.138. The van der Waals surface area contributed by atoms with Crippen molar-refractivity contribution in [1.29, 1.82) is 0 Å². The van der Waals surface area contributed by atoms with Crippen LogP contribution in [0.2, 0.25) is 0 Å². The molecule has 0 aromatic carbocycles. The van der Waals surface area contributed by atoms with Gasteiger partial charge in [0.15, 0.2) is 0 Å². The third kappa shape index (κ3) is 3.16. The molecule has 2 heterocycles. The maximum absolute atomic E-state index is 3.51. The Morgan fingerprint density at radius 2 is 1.87 bits per heavy atom. The van der Waals surface area contributed by atoms with E-state index in [1.54, 1.807) is 0 Å². The summed E-state index contributed by atoms with van der Waals surface area (Å²) in [7, 11) is 4.52. The van der Waals surface area contributed by atoms with Crippen LogP contribution in [0.3, 0.4) is 0 Å². The van der Waals surface area contributed by atoms with Gasteiger partial charge in [-0.3, -0.25) is 0 Å². The highest BCUT2D eigenvalue weighted by atomic mass is 15.2. The molecule has 0 bridgehead atoms. The Bertz CT molecular complexity index is 187. The van der Waals surface area contributed by atoms with E-state index in [2.05, 4.69) is 29.2 Å². The number of nitrogens with zero attached hydrogens (tertiary/aromatic N) is 2. The van der Waals surface area contributed by atoms with Crippen molar-refractivity contribution in [2.24, 2.45) is 5.92 Å². The van der Waals surface area contributed by atoms with Crippen molar-refractivity contribution in [2.75, 3.05) is 46.8 Å². The Hall–Kier alpha value is -0.120. The fourth-order valence-electron chi connectivity index (χ4n) is 2.81. The van der Waals surface area contributed by atoms with E-state index in [1.807, 2.05) is 0 Å². The molecule has 15 heavy (non-hydrogen) atoms. The van der Waals surface area contributed by atoms with Crippen molar-refractivity contribution in [2.45, 2.75) is 25.3 Å². The minimum absolute atomic E-state index is 0.784. The minimum atomic E-state index is 0.784. The molecule has 0 aliphatic carbocycles. The molecule has 0 aromatic heterocycles. The molecule has 2 saturated heterocycles. The zero-order chi connectivity index (χ0) is 10.7. The second-order valence-corrected chi connectivity index (χ2v) is 5.32. The Balaban J connectivity index is 1.75. The highest BCUT2D eigenvalue weighted by Crippen LogP contribution is 2.23. The van der Waals surface area contributed by atoms with Crippen molar-refractivity contribution in [1.82, 2.24) is 15.1 Å². The van der Waals surface area contributed by atoms with E-state index in [-0.39, 0.29) is 0 Å². The molecule has 2 aliphatic heterocycles. The molecular weight excluding hydrogens is 186 g/mol. The third-order valence-corrected chi connectivity index (χ3v) is 4.09. The lowest BCUT2D eigenvalue weighted by Gasteiger charge is -2.37. The summed E-state index contributed by atoms with van der Waals surface area (Å²) in [4.78, 5) is 4.99. The number of rotatable bonds is 2. The largest absolute Gasteiger partial charge is 0.314 e. The van der Waals surface area contributed by atoms with Crippen molar-refractivity contribution in [3.05, 3.63) is 0 Å². The standard InChI is InChI=1S/C12H25N3/c1-14-6-3-11(4-7-14)9-12-10-13-5-8-15(12)2/h11-13H,3-10H2,1-2H3. The van der Waals surface area contributed by atoms with E-state index in [4.69, 9.17) is 0 Å². The molecule has 0 aromatic rings. The first-order valence-corrected chi connectivity index (χ1v) is 6.35. The van der Waals surface area contributed by atoms with Gasteiger partial charge in [-0.15, -0.1) is 0 Å². The molecule has 0 spiro atoms. The number of piperazine rings is 1. The fraction of sp³-hybridized carbons (Fsp3) is 1.00. The van der Waals surface area contributed by atoms with Gasteiger partial charge in [-0.2, -0.15) is 0 Å².